The highest BCUT2D eigenvalue weighted by Gasteiger charge is 1.98. The first-order valence-electron chi connectivity index (χ1n) is 6.14. The molecule has 2 heteroatoms. The maximum atomic E-state index is 5.83. The summed E-state index contributed by atoms with van der Waals surface area (Å²) in [5.74, 6) is 2.45. The second-order valence-corrected chi connectivity index (χ2v) is 5.16. The quantitative estimate of drug-likeness (QED) is 0.563. The van der Waals surface area contributed by atoms with Gasteiger partial charge in [-0.3, -0.25) is 0 Å². The molecule has 0 rings (SSSR count). The topological polar surface area (TPSA) is 26.0 Å². The molecule has 0 aliphatic carbocycles. The van der Waals surface area contributed by atoms with Crippen LogP contribution in [0.25, 0.3) is 0 Å². The van der Waals surface area contributed by atoms with Crippen molar-refractivity contribution in [1.82, 2.24) is 0 Å². The lowest BCUT2D eigenvalue weighted by atomic mass is 10.1. The molecule has 0 aromatic rings. The minimum Gasteiger partial charge on any atom is -0.327 e. The number of hydrogen-bond acceptors (Lipinski definition) is 2. The molecule has 86 valence electrons. The molecular weight excluding hydrogens is 190 g/mol. The molecule has 1 nitrogen and oxygen atoms in total. The molecule has 0 amide bonds. The van der Waals surface area contributed by atoms with Gasteiger partial charge in [-0.2, -0.15) is 11.8 Å². The maximum Gasteiger partial charge on any atom is 0.0127 e. The van der Waals surface area contributed by atoms with Gasteiger partial charge < -0.3 is 5.73 Å². The fourth-order valence-electron chi connectivity index (χ4n) is 1.34. The number of unbranched alkanes of at least 4 members (excludes halogenated alkanes) is 5. The summed E-state index contributed by atoms with van der Waals surface area (Å²) in [7, 11) is 0. The van der Waals surface area contributed by atoms with Crippen molar-refractivity contribution in [3.8, 4) is 0 Å². The van der Waals surface area contributed by atoms with Crippen molar-refractivity contribution >= 4 is 11.8 Å². The van der Waals surface area contributed by atoms with Crippen molar-refractivity contribution in [2.75, 3.05) is 11.5 Å². The van der Waals surface area contributed by atoms with Gasteiger partial charge in [0.1, 0.15) is 0 Å². The average molecular weight is 217 g/mol. The molecule has 0 fully saturated rings. The summed E-state index contributed by atoms with van der Waals surface area (Å²) in [6, 6.07) is 0.417. The zero-order valence-corrected chi connectivity index (χ0v) is 10.7. The van der Waals surface area contributed by atoms with Crippen LogP contribution in [0, 0.1) is 0 Å². The fourth-order valence-corrected chi connectivity index (χ4v) is 2.45. The van der Waals surface area contributed by atoms with Crippen molar-refractivity contribution < 1.29 is 0 Å². The summed E-state index contributed by atoms with van der Waals surface area (Å²) < 4.78 is 0. The van der Waals surface area contributed by atoms with E-state index in [1.807, 2.05) is 11.8 Å². The van der Waals surface area contributed by atoms with Crippen LogP contribution in [0.3, 0.4) is 0 Å². The van der Waals surface area contributed by atoms with Gasteiger partial charge in [0, 0.05) is 11.8 Å². The van der Waals surface area contributed by atoms with Crippen molar-refractivity contribution in [3.05, 3.63) is 0 Å². The highest BCUT2D eigenvalue weighted by molar-refractivity contribution is 7.99. The van der Waals surface area contributed by atoms with E-state index in [0.717, 1.165) is 12.2 Å². The Hall–Kier alpha value is 0.310. The average Bonchev–Trinajstić information content (AvgIpc) is 2.21. The van der Waals surface area contributed by atoms with Crippen LogP contribution in [0.15, 0.2) is 0 Å². The first kappa shape index (κ1) is 14.3. The van der Waals surface area contributed by atoms with Crippen LogP contribution in [0.5, 0.6) is 0 Å². The molecule has 0 saturated heterocycles. The predicted octanol–water partition coefficient (Wildman–Crippen LogP) is 3.82. The molecule has 0 aliphatic rings. The van der Waals surface area contributed by atoms with Gasteiger partial charge in [-0.05, 0) is 18.6 Å². The summed E-state index contributed by atoms with van der Waals surface area (Å²) in [4.78, 5) is 0. The van der Waals surface area contributed by atoms with Gasteiger partial charge in [-0.15, -0.1) is 0 Å². The lowest BCUT2D eigenvalue weighted by Crippen LogP contribution is -2.21. The Balaban J connectivity index is 2.92. The summed E-state index contributed by atoms with van der Waals surface area (Å²) >= 11 is 2.02. The van der Waals surface area contributed by atoms with E-state index in [0.29, 0.717) is 6.04 Å². The van der Waals surface area contributed by atoms with Gasteiger partial charge in [-0.1, -0.05) is 46.0 Å². The number of rotatable bonds is 10. The molecule has 0 aromatic heterocycles. The molecule has 0 saturated carbocycles. The summed E-state index contributed by atoms with van der Waals surface area (Å²) in [5, 5.41) is 0. The Morgan fingerprint density at radius 3 is 2.29 bits per heavy atom. The fraction of sp³-hybridized carbons (Fsp3) is 1.00. The SMILES string of the molecule is CCCCCCCCSCC(N)CC. The molecular formula is C12H27NS. The van der Waals surface area contributed by atoms with E-state index in [-0.39, 0.29) is 0 Å². The molecule has 0 radical (unpaired) electrons. The Labute approximate surface area is 94.2 Å². The van der Waals surface area contributed by atoms with E-state index in [1.54, 1.807) is 0 Å². The monoisotopic (exact) mass is 217 g/mol. The normalized spacial score (nSPS) is 13.1. The van der Waals surface area contributed by atoms with Crippen molar-refractivity contribution in [2.24, 2.45) is 5.73 Å². The van der Waals surface area contributed by atoms with E-state index in [9.17, 15) is 0 Å². The van der Waals surface area contributed by atoms with Crippen molar-refractivity contribution in [3.63, 3.8) is 0 Å². The van der Waals surface area contributed by atoms with Crippen LogP contribution in [-0.2, 0) is 0 Å². The van der Waals surface area contributed by atoms with Crippen LogP contribution < -0.4 is 5.73 Å². The highest BCUT2D eigenvalue weighted by Crippen LogP contribution is 2.10. The third-order valence-corrected chi connectivity index (χ3v) is 3.74. The third kappa shape index (κ3) is 10.4. The number of hydrogen-bond donors (Lipinski definition) is 1. The van der Waals surface area contributed by atoms with Gasteiger partial charge in [0.05, 0.1) is 0 Å². The minimum atomic E-state index is 0.417. The minimum absolute atomic E-state index is 0.417. The maximum absolute atomic E-state index is 5.83. The summed E-state index contributed by atoms with van der Waals surface area (Å²) in [5.41, 5.74) is 5.83. The van der Waals surface area contributed by atoms with E-state index in [1.165, 1.54) is 44.3 Å². The largest absolute Gasteiger partial charge is 0.327 e. The molecule has 14 heavy (non-hydrogen) atoms. The smallest absolute Gasteiger partial charge is 0.0127 e. The second kappa shape index (κ2) is 11.4. The zero-order valence-electron chi connectivity index (χ0n) is 9.93. The lowest BCUT2D eigenvalue weighted by Gasteiger charge is -2.07. The molecule has 1 unspecified atom stereocenters. The molecule has 0 aliphatic heterocycles. The van der Waals surface area contributed by atoms with E-state index in [4.69, 9.17) is 5.73 Å². The molecule has 0 bridgehead atoms. The van der Waals surface area contributed by atoms with Gasteiger partial charge >= 0.3 is 0 Å². The summed E-state index contributed by atoms with van der Waals surface area (Å²) in [6.45, 7) is 4.43. The van der Waals surface area contributed by atoms with Crippen LogP contribution in [0.4, 0.5) is 0 Å². The molecule has 0 aromatic carbocycles. The molecule has 2 N–H and O–H groups in total. The van der Waals surface area contributed by atoms with Crippen LogP contribution in [0.2, 0.25) is 0 Å². The van der Waals surface area contributed by atoms with Crippen molar-refractivity contribution in [2.45, 2.75) is 64.8 Å². The summed E-state index contributed by atoms with van der Waals surface area (Å²) in [6.07, 6.45) is 9.51. The standard InChI is InChI=1S/C12H27NS/c1-3-5-6-7-8-9-10-14-11-12(13)4-2/h12H,3-11,13H2,1-2H3. The van der Waals surface area contributed by atoms with Crippen LogP contribution in [0.1, 0.15) is 58.8 Å². The third-order valence-electron chi connectivity index (χ3n) is 2.50. The Kier molecular flexibility index (Phi) is 11.6. The van der Waals surface area contributed by atoms with E-state index in [2.05, 4.69) is 13.8 Å². The molecule has 0 spiro atoms. The Bertz CT molecular complexity index is 106. The number of thioether (sulfide) groups is 1. The molecule has 0 heterocycles. The van der Waals surface area contributed by atoms with Gasteiger partial charge in [0.2, 0.25) is 0 Å². The Morgan fingerprint density at radius 1 is 1.00 bits per heavy atom. The Morgan fingerprint density at radius 2 is 1.64 bits per heavy atom. The highest BCUT2D eigenvalue weighted by atomic mass is 32.2. The number of nitrogens with two attached hydrogens (primary N) is 1. The van der Waals surface area contributed by atoms with E-state index < -0.39 is 0 Å². The van der Waals surface area contributed by atoms with Gasteiger partial charge in [0.25, 0.3) is 0 Å². The van der Waals surface area contributed by atoms with Gasteiger partial charge in [-0.25, -0.2) is 0 Å². The second-order valence-electron chi connectivity index (χ2n) is 4.01. The van der Waals surface area contributed by atoms with Crippen LogP contribution in [-0.4, -0.2) is 17.5 Å². The zero-order chi connectivity index (χ0) is 10.6. The lowest BCUT2D eigenvalue weighted by molar-refractivity contribution is 0.626. The first-order valence-corrected chi connectivity index (χ1v) is 7.30. The van der Waals surface area contributed by atoms with Crippen LogP contribution >= 0.6 is 11.8 Å². The molecule has 1 atom stereocenters. The first-order chi connectivity index (χ1) is 6.81. The van der Waals surface area contributed by atoms with Gasteiger partial charge in [0.15, 0.2) is 0 Å². The van der Waals surface area contributed by atoms with E-state index >= 15 is 0 Å². The van der Waals surface area contributed by atoms with Crippen molar-refractivity contribution in [1.29, 1.82) is 0 Å². The predicted molar refractivity (Wildman–Crippen MR) is 69.0 cm³/mol.